The number of alkyl halides is 1. The van der Waals surface area contributed by atoms with Gasteiger partial charge in [-0.2, -0.15) is 0 Å². The molecular formula is C12H17FN2. The van der Waals surface area contributed by atoms with Gasteiger partial charge in [-0.1, -0.05) is 18.2 Å². The first-order valence-electron chi connectivity index (χ1n) is 5.51. The third-order valence-corrected chi connectivity index (χ3v) is 2.87. The van der Waals surface area contributed by atoms with Crippen LogP contribution < -0.4 is 10.6 Å². The summed E-state index contributed by atoms with van der Waals surface area (Å²) in [7, 11) is 0. The van der Waals surface area contributed by atoms with E-state index in [2.05, 4.69) is 16.7 Å². The van der Waals surface area contributed by atoms with Gasteiger partial charge in [0.25, 0.3) is 0 Å². The first-order chi connectivity index (χ1) is 7.42. The molecule has 1 aromatic carbocycles. The lowest BCUT2D eigenvalue weighted by Crippen LogP contribution is -2.11. The van der Waals surface area contributed by atoms with Crippen LogP contribution >= 0.6 is 0 Å². The zero-order valence-corrected chi connectivity index (χ0v) is 8.80. The molecule has 15 heavy (non-hydrogen) atoms. The van der Waals surface area contributed by atoms with E-state index in [1.165, 1.54) is 12.0 Å². The van der Waals surface area contributed by atoms with Gasteiger partial charge in [0, 0.05) is 18.8 Å². The van der Waals surface area contributed by atoms with E-state index in [4.69, 9.17) is 0 Å². The van der Waals surface area contributed by atoms with Crippen molar-refractivity contribution in [3.05, 3.63) is 29.8 Å². The van der Waals surface area contributed by atoms with Crippen LogP contribution in [0.1, 0.15) is 17.9 Å². The molecule has 0 radical (unpaired) electrons. The fourth-order valence-electron chi connectivity index (χ4n) is 2.12. The van der Waals surface area contributed by atoms with Crippen LogP contribution in [0.2, 0.25) is 0 Å². The number of nitrogens with one attached hydrogen (secondary N) is 2. The molecule has 0 aromatic heterocycles. The van der Waals surface area contributed by atoms with E-state index in [-0.39, 0.29) is 6.67 Å². The number of rotatable bonds is 4. The summed E-state index contributed by atoms with van der Waals surface area (Å²) >= 11 is 0. The number of benzene rings is 1. The minimum absolute atomic E-state index is 0.322. The Kier molecular flexibility index (Phi) is 3.56. The summed E-state index contributed by atoms with van der Waals surface area (Å²) in [6.45, 7) is 2.20. The van der Waals surface area contributed by atoms with Gasteiger partial charge in [-0.3, -0.25) is 0 Å². The lowest BCUT2D eigenvalue weighted by Gasteiger charge is -2.15. The first kappa shape index (κ1) is 10.4. The van der Waals surface area contributed by atoms with E-state index < -0.39 is 0 Å². The van der Waals surface area contributed by atoms with Gasteiger partial charge in [0.05, 0.1) is 0 Å². The molecule has 2 N–H and O–H groups in total. The van der Waals surface area contributed by atoms with Gasteiger partial charge in [0.2, 0.25) is 0 Å². The molecule has 0 saturated carbocycles. The van der Waals surface area contributed by atoms with E-state index in [0.29, 0.717) is 12.5 Å². The van der Waals surface area contributed by atoms with Crippen LogP contribution in [0.5, 0.6) is 0 Å². The van der Waals surface area contributed by atoms with Gasteiger partial charge in [-0.05, 0) is 30.5 Å². The Morgan fingerprint density at radius 3 is 3.00 bits per heavy atom. The molecule has 2 nitrogen and oxygen atoms in total. The predicted molar refractivity (Wildman–Crippen MR) is 61.1 cm³/mol. The summed E-state index contributed by atoms with van der Waals surface area (Å²) in [5.74, 6) is 0.577. The van der Waals surface area contributed by atoms with E-state index in [9.17, 15) is 4.39 Å². The fraction of sp³-hybridized carbons (Fsp3) is 0.500. The van der Waals surface area contributed by atoms with Crippen molar-refractivity contribution in [2.75, 3.05) is 31.6 Å². The Balaban J connectivity index is 2.13. The number of anilines is 1. The molecular weight excluding hydrogens is 191 g/mol. The maximum absolute atomic E-state index is 12.1. The number of halogens is 1. The maximum atomic E-state index is 12.1. The molecule has 82 valence electrons. The summed E-state index contributed by atoms with van der Waals surface area (Å²) in [5, 5.41) is 6.49. The third-order valence-electron chi connectivity index (χ3n) is 2.87. The zero-order valence-electron chi connectivity index (χ0n) is 8.80. The standard InChI is InChI=1S/C12H17FN2/c13-6-8-15-12-4-2-1-3-11(12)10-5-7-14-9-10/h1-4,10,14-15H,5-9H2. The zero-order chi connectivity index (χ0) is 10.5. The fourth-order valence-corrected chi connectivity index (χ4v) is 2.12. The Morgan fingerprint density at radius 1 is 1.40 bits per heavy atom. The average Bonchev–Trinajstić information content (AvgIpc) is 2.80. The smallest absolute Gasteiger partial charge is 0.107 e. The van der Waals surface area contributed by atoms with Gasteiger partial charge in [-0.25, -0.2) is 4.39 Å². The van der Waals surface area contributed by atoms with Crippen LogP contribution in [0.15, 0.2) is 24.3 Å². The van der Waals surface area contributed by atoms with Crippen LogP contribution in [-0.4, -0.2) is 26.3 Å². The molecule has 1 fully saturated rings. The molecule has 1 unspecified atom stereocenters. The van der Waals surface area contributed by atoms with Crippen LogP contribution in [0.3, 0.4) is 0 Å². The second kappa shape index (κ2) is 5.12. The van der Waals surface area contributed by atoms with Crippen molar-refractivity contribution in [3.8, 4) is 0 Å². The highest BCUT2D eigenvalue weighted by atomic mass is 19.1. The molecule has 3 heteroatoms. The Morgan fingerprint density at radius 2 is 2.27 bits per heavy atom. The van der Waals surface area contributed by atoms with Crippen molar-refractivity contribution in [1.82, 2.24) is 5.32 Å². The summed E-state index contributed by atoms with van der Waals surface area (Å²) in [5.41, 5.74) is 2.40. The lowest BCUT2D eigenvalue weighted by atomic mass is 9.96. The van der Waals surface area contributed by atoms with Gasteiger partial charge < -0.3 is 10.6 Å². The molecule has 0 bridgehead atoms. The highest BCUT2D eigenvalue weighted by molar-refractivity contribution is 5.53. The maximum Gasteiger partial charge on any atom is 0.107 e. The second-order valence-electron chi connectivity index (χ2n) is 3.89. The Labute approximate surface area is 89.9 Å². The largest absolute Gasteiger partial charge is 0.382 e. The monoisotopic (exact) mass is 208 g/mol. The normalized spacial score (nSPS) is 20.5. The van der Waals surface area contributed by atoms with Crippen molar-refractivity contribution >= 4 is 5.69 Å². The summed E-state index contributed by atoms with van der Waals surface area (Å²) in [6.07, 6.45) is 1.17. The van der Waals surface area contributed by atoms with Gasteiger partial charge in [0.1, 0.15) is 6.67 Å². The topological polar surface area (TPSA) is 24.1 Å². The van der Waals surface area contributed by atoms with E-state index in [0.717, 1.165) is 18.8 Å². The number of hydrogen-bond donors (Lipinski definition) is 2. The van der Waals surface area contributed by atoms with E-state index >= 15 is 0 Å². The minimum Gasteiger partial charge on any atom is -0.382 e. The highest BCUT2D eigenvalue weighted by Crippen LogP contribution is 2.28. The minimum atomic E-state index is -0.322. The van der Waals surface area contributed by atoms with Crippen molar-refractivity contribution in [1.29, 1.82) is 0 Å². The summed E-state index contributed by atoms with van der Waals surface area (Å²) in [4.78, 5) is 0. The van der Waals surface area contributed by atoms with Crippen molar-refractivity contribution in [2.24, 2.45) is 0 Å². The molecule has 1 atom stereocenters. The average molecular weight is 208 g/mol. The van der Waals surface area contributed by atoms with Gasteiger partial charge >= 0.3 is 0 Å². The Hall–Kier alpha value is -1.09. The molecule has 1 heterocycles. The van der Waals surface area contributed by atoms with E-state index in [1.54, 1.807) is 0 Å². The molecule has 1 aliphatic rings. The van der Waals surface area contributed by atoms with Crippen LogP contribution in [0.25, 0.3) is 0 Å². The summed E-state index contributed by atoms with van der Waals surface area (Å²) in [6, 6.07) is 8.21. The predicted octanol–water partition coefficient (Wildman–Crippen LogP) is 2.14. The van der Waals surface area contributed by atoms with Crippen molar-refractivity contribution < 1.29 is 4.39 Å². The number of hydrogen-bond acceptors (Lipinski definition) is 2. The van der Waals surface area contributed by atoms with Crippen LogP contribution in [-0.2, 0) is 0 Å². The number of para-hydroxylation sites is 1. The Bertz CT molecular complexity index is 308. The summed E-state index contributed by atoms with van der Waals surface area (Å²) < 4.78 is 12.1. The SMILES string of the molecule is FCCNc1ccccc1C1CCNC1. The second-order valence-corrected chi connectivity index (χ2v) is 3.89. The molecule has 0 aliphatic carbocycles. The highest BCUT2D eigenvalue weighted by Gasteiger charge is 2.18. The van der Waals surface area contributed by atoms with Gasteiger partial charge in [0.15, 0.2) is 0 Å². The quantitative estimate of drug-likeness (QED) is 0.792. The molecule has 1 aromatic rings. The van der Waals surface area contributed by atoms with Gasteiger partial charge in [-0.15, -0.1) is 0 Å². The van der Waals surface area contributed by atoms with Crippen LogP contribution in [0.4, 0.5) is 10.1 Å². The van der Waals surface area contributed by atoms with Crippen molar-refractivity contribution in [2.45, 2.75) is 12.3 Å². The molecule has 1 saturated heterocycles. The van der Waals surface area contributed by atoms with E-state index in [1.807, 2.05) is 18.2 Å². The van der Waals surface area contributed by atoms with Crippen LogP contribution in [0, 0.1) is 0 Å². The third kappa shape index (κ3) is 2.48. The lowest BCUT2D eigenvalue weighted by molar-refractivity contribution is 0.512. The first-order valence-corrected chi connectivity index (χ1v) is 5.51. The molecule has 1 aliphatic heterocycles. The molecule has 0 spiro atoms. The molecule has 2 rings (SSSR count). The molecule has 0 amide bonds. The van der Waals surface area contributed by atoms with Crippen molar-refractivity contribution in [3.63, 3.8) is 0 Å².